The molecular weight excluding hydrogens is 288 g/mol. The van der Waals surface area contributed by atoms with Crippen LogP contribution in [0.4, 0.5) is 0 Å². The predicted molar refractivity (Wildman–Crippen MR) is 78.7 cm³/mol. The maximum atomic E-state index is 11.3. The van der Waals surface area contributed by atoms with Crippen LogP contribution >= 0.6 is 0 Å². The summed E-state index contributed by atoms with van der Waals surface area (Å²) in [4.78, 5) is 22.6. The van der Waals surface area contributed by atoms with Gasteiger partial charge in [0.15, 0.2) is 0 Å². The van der Waals surface area contributed by atoms with Gasteiger partial charge < -0.3 is 20.4 Å². The van der Waals surface area contributed by atoms with E-state index < -0.39 is 11.9 Å². The molecule has 6 heteroatoms. The molecule has 22 heavy (non-hydrogen) atoms. The average molecular weight is 298 g/mol. The summed E-state index contributed by atoms with van der Waals surface area (Å²) in [5.41, 5.74) is -0.492. The second-order valence-corrected chi connectivity index (χ2v) is 4.82. The van der Waals surface area contributed by atoms with Gasteiger partial charge in [-0.15, -0.1) is 0 Å². The van der Waals surface area contributed by atoms with Gasteiger partial charge in [-0.3, -0.25) is 0 Å². The summed E-state index contributed by atoms with van der Waals surface area (Å²) in [7, 11) is 0. The molecule has 0 unspecified atom stereocenters. The van der Waals surface area contributed by atoms with E-state index in [-0.39, 0.29) is 22.6 Å². The van der Waals surface area contributed by atoms with Gasteiger partial charge in [0.1, 0.15) is 22.6 Å². The van der Waals surface area contributed by atoms with Crippen LogP contribution in [-0.2, 0) is 0 Å². The molecule has 0 aliphatic rings. The number of aromatic carboxylic acids is 2. The lowest BCUT2D eigenvalue weighted by molar-refractivity contribution is 0.0684. The number of benzene rings is 3. The molecule has 0 saturated heterocycles. The SMILES string of the molecule is O=C(O)c1c(O)ccc2cc3c(C(=O)O)c(O)ccc3cc12. The largest absolute Gasteiger partial charge is 0.507 e. The summed E-state index contributed by atoms with van der Waals surface area (Å²) < 4.78 is 0. The second kappa shape index (κ2) is 4.63. The summed E-state index contributed by atoms with van der Waals surface area (Å²) in [5, 5.41) is 39.4. The molecule has 0 aliphatic carbocycles. The number of rotatable bonds is 2. The van der Waals surface area contributed by atoms with Crippen molar-refractivity contribution in [1.82, 2.24) is 0 Å². The standard InChI is InChI=1S/C16H10O6/c17-11-3-1-7-5-10-8(6-9(7)13(11)15(19)20)2-4-12(18)14(10)16(21)22/h1-6,17-18H,(H,19,20)(H,21,22). The lowest BCUT2D eigenvalue weighted by Crippen LogP contribution is -2.00. The van der Waals surface area contributed by atoms with Gasteiger partial charge in [0.2, 0.25) is 0 Å². The van der Waals surface area contributed by atoms with Crippen LogP contribution < -0.4 is 0 Å². The third-order valence-corrected chi connectivity index (χ3v) is 3.54. The van der Waals surface area contributed by atoms with E-state index in [2.05, 4.69) is 0 Å². The number of hydrogen-bond donors (Lipinski definition) is 4. The fourth-order valence-corrected chi connectivity index (χ4v) is 2.57. The van der Waals surface area contributed by atoms with Crippen LogP contribution in [0.15, 0.2) is 36.4 Å². The van der Waals surface area contributed by atoms with Crippen molar-refractivity contribution in [3.05, 3.63) is 47.5 Å². The van der Waals surface area contributed by atoms with E-state index in [1.165, 1.54) is 36.4 Å². The van der Waals surface area contributed by atoms with Gasteiger partial charge in [0.05, 0.1) is 0 Å². The Morgan fingerprint density at radius 2 is 1.05 bits per heavy atom. The van der Waals surface area contributed by atoms with Gasteiger partial charge >= 0.3 is 11.9 Å². The smallest absolute Gasteiger partial charge is 0.340 e. The Balaban J connectivity index is 2.51. The summed E-state index contributed by atoms with van der Waals surface area (Å²) >= 11 is 0. The van der Waals surface area contributed by atoms with Crippen LogP contribution in [0.1, 0.15) is 20.7 Å². The number of aromatic hydroxyl groups is 2. The first kappa shape index (κ1) is 13.7. The van der Waals surface area contributed by atoms with Crippen molar-refractivity contribution in [2.24, 2.45) is 0 Å². The Bertz CT molecular complexity index is 878. The van der Waals surface area contributed by atoms with Crippen molar-refractivity contribution in [2.75, 3.05) is 0 Å². The summed E-state index contributed by atoms with van der Waals surface area (Å²) in [6.45, 7) is 0. The van der Waals surface area contributed by atoms with E-state index in [0.29, 0.717) is 21.5 Å². The van der Waals surface area contributed by atoms with E-state index in [1.54, 1.807) is 0 Å². The molecule has 3 rings (SSSR count). The minimum absolute atomic E-state index is 0.246. The van der Waals surface area contributed by atoms with Crippen molar-refractivity contribution in [1.29, 1.82) is 0 Å². The molecule has 0 fully saturated rings. The molecule has 0 bridgehead atoms. The van der Waals surface area contributed by atoms with Crippen molar-refractivity contribution in [2.45, 2.75) is 0 Å². The molecular formula is C16H10O6. The maximum Gasteiger partial charge on any atom is 0.340 e. The predicted octanol–water partition coefficient (Wildman–Crippen LogP) is 2.80. The highest BCUT2D eigenvalue weighted by molar-refractivity contribution is 6.14. The molecule has 3 aromatic carbocycles. The summed E-state index contributed by atoms with van der Waals surface area (Å²) in [6.07, 6.45) is 0. The fraction of sp³-hybridized carbons (Fsp3) is 0. The Morgan fingerprint density at radius 3 is 1.36 bits per heavy atom. The van der Waals surface area contributed by atoms with E-state index in [4.69, 9.17) is 0 Å². The number of carbonyl (C=O) groups is 2. The number of fused-ring (bicyclic) bond motifs is 2. The molecule has 0 atom stereocenters. The third kappa shape index (κ3) is 1.89. The van der Waals surface area contributed by atoms with Crippen LogP contribution in [0.25, 0.3) is 21.5 Å². The van der Waals surface area contributed by atoms with E-state index >= 15 is 0 Å². The van der Waals surface area contributed by atoms with Crippen LogP contribution in [0.2, 0.25) is 0 Å². The molecule has 0 heterocycles. The minimum Gasteiger partial charge on any atom is -0.507 e. The first-order valence-electron chi connectivity index (χ1n) is 6.28. The molecule has 0 aliphatic heterocycles. The highest BCUT2D eigenvalue weighted by Gasteiger charge is 2.18. The summed E-state index contributed by atoms with van der Waals surface area (Å²) in [5.74, 6) is -3.28. The third-order valence-electron chi connectivity index (χ3n) is 3.54. The topological polar surface area (TPSA) is 115 Å². The second-order valence-electron chi connectivity index (χ2n) is 4.82. The Hall–Kier alpha value is -3.28. The number of phenols is 2. The fourth-order valence-electron chi connectivity index (χ4n) is 2.57. The number of carboxylic acid groups (broad SMARTS) is 2. The first-order chi connectivity index (χ1) is 10.4. The molecule has 3 aromatic rings. The van der Waals surface area contributed by atoms with Crippen molar-refractivity contribution >= 4 is 33.5 Å². The zero-order valence-corrected chi connectivity index (χ0v) is 11.1. The summed E-state index contributed by atoms with van der Waals surface area (Å²) in [6, 6.07) is 8.43. The Kier molecular flexibility index (Phi) is 2.88. The van der Waals surface area contributed by atoms with Gasteiger partial charge in [-0.05, 0) is 35.0 Å². The molecule has 0 spiro atoms. The van der Waals surface area contributed by atoms with Gasteiger partial charge in [-0.25, -0.2) is 9.59 Å². The van der Waals surface area contributed by atoms with Gasteiger partial charge in [-0.2, -0.15) is 0 Å². The van der Waals surface area contributed by atoms with E-state index in [0.717, 1.165) is 0 Å². The molecule has 0 saturated carbocycles. The maximum absolute atomic E-state index is 11.3. The van der Waals surface area contributed by atoms with Gasteiger partial charge in [-0.1, -0.05) is 12.1 Å². The average Bonchev–Trinajstić information content (AvgIpc) is 2.44. The van der Waals surface area contributed by atoms with Gasteiger partial charge in [0, 0.05) is 10.8 Å². The monoisotopic (exact) mass is 298 g/mol. The highest BCUT2D eigenvalue weighted by Crippen LogP contribution is 2.34. The van der Waals surface area contributed by atoms with E-state index in [1.807, 2.05) is 0 Å². The Labute approximate surface area is 123 Å². The molecule has 0 radical (unpaired) electrons. The quantitative estimate of drug-likeness (QED) is 0.541. The zero-order valence-electron chi connectivity index (χ0n) is 11.1. The van der Waals surface area contributed by atoms with Gasteiger partial charge in [0.25, 0.3) is 0 Å². The molecule has 0 aromatic heterocycles. The van der Waals surface area contributed by atoms with E-state index in [9.17, 15) is 30.0 Å². The van der Waals surface area contributed by atoms with Crippen molar-refractivity contribution < 1.29 is 30.0 Å². The number of carboxylic acids is 2. The van der Waals surface area contributed by atoms with Crippen molar-refractivity contribution in [3.8, 4) is 11.5 Å². The molecule has 6 nitrogen and oxygen atoms in total. The molecule has 0 amide bonds. The zero-order chi connectivity index (χ0) is 16.0. The van der Waals surface area contributed by atoms with Crippen LogP contribution in [0, 0.1) is 0 Å². The van der Waals surface area contributed by atoms with Crippen LogP contribution in [-0.4, -0.2) is 32.4 Å². The molecule has 110 valence electrons. The minimum atomic E-state index is -1.28. The van der Waals surface area contributed by atoms with Crippen LogP contribution in [0.5, 0.6) is 11.5 Å². The Morgan fingerprint density at radius 1 is 0.682 bits per heavy atom. The lowest BCUT2D eigenvalue weighted by atomic mass is 9.96. The highest BCUT2D eigenvalue weighted by atomic mass is 16.4. The lowest BCUT2D eigenvalue weighted by Gasteiger charge is -2.10. The van der Waals surface area contributed by atoms with Crippen molar-refractivity contribution in [3.63, 3.8) is 0 Å². The van der Waals surface area contributed by atoms with Crippen LogP contribution in [0.3, 0.4) is 0 Å². The number of hydrogen-bond acceptors (Lipinski definition) is 4. The molecule has 4 N–H and O–H groups in total. The first-order valence-corrected chi connectivity index (χ1v) is 6.28. The normalized spacial score (nSPS) is 10.9.